The first kappa shape index (κ1) is 34.3. The molecule has 4 nitrogen and oxygen atoms in total. The van der Waals surface area contributed by atoms with Gasteiger partial charge in [0.15, 0.2) is 17.5 Å². The zero-order valence-electron chi connectivity index (χ0n) is 32.0. The molecule has 9 aromatic carbocycles. The van der Waals surface area contributed by atoms with Crippen LogP contribution in [0.25, 0.3) is 111 Å². The average molecular weight is 754 g/mol. The molecular weight excluding hydrogens is 719 g/mol. The van der Waals surface area contributed by atoms with Crippen LogP contribution in [-0.2, 0) is 0 Å². The van der Waals surface area contributed by atoms with Crippen LogP contribution in [0, 0.1) is 0 Å². The number of fused-ring (bicyclic) bond motifs is 5. The molecular formula is C55H35N3O. The van der Waals surface area contributed by atoms with Gasteiger partial charge in [0.25, 0.3) is 0 Å². The van der Waals surface area contributed by atoms with Gasteiger partial charge in [-0.1, -0.05) is 182 Å². The van der Waals surface area contributed by atoms with Gasteiger partial charge in [0.1, 0.15) is 11.2 Å². The summed E-state index contributed by atoms with van der Waals surface area (Å²) < 4.78 is 7.01. The number of hydrogen-bond donors (Lipinski definition) is 0. The van der Waals surface area contributed by atoms with E-state index in [2.05, 4.69) is 170 Å². The largest absolute Gasteiger partial charge is 0.455 e. The number of rotatable bonds is 7. The molecule has 0 aliphatic rings. The molecule has 276 valence electrons. The van der Waals surface area contributed by atoms with Crippen molar-refractivity contribution in [2.75, 3.05) is 0 Å². The lowest BCUT2D eigenvalue weighted by atomic mass is 9.90. The lowest BCUT2D eigenvalue weighted by Crippen LogP contribution is -2.01. The standard InChI is InChI=1S/C55H35N3O/c1-5-18-36(19-6-1)40-32-41(37-20-7-2-8-21-37)34-42(33-40)49-35-50-46-30-17-31-48(51(46)59-52(50)45-28-15-14-27-44(45)49)55-57-53(39-24-11-4-12-25-39)56-54(58-55)47-29-16-13-26-43(47)38-22-9-3-10-23-38/h1-35H. The van der Waals surface area contributed by atoms with Gasteiger partial charge in [-0.25, -0.2) is 15.0 Å². The fourth-order valence-electron chi connectivity index (χ4n) is 8.29. The molecule has 11 aromatic rings. The zero-order valence-corrected chi connectivity index (χ0v) is 32.0. The lowest BCUT2D eigenvalue weighted by Gasteiger charge is -2.13. The van der Waals surface area contributed by atoms with E-state index in [1.165, 1.54) is 22.3 Å². The van der Waals surface area contributed by atoms with Crippen LogP contribution in [0.15, 0.2) is 217 Å². The van der Waals surface area contributed by atoms with Gasteiger partial charge in [-0.05, 0) is 80.2 Å². The maximum atomic E-state index is 7.01. The third-order valence-electron chi connectivity index (χ3n) is 11.1. The molecule has 0 atom stereocenters. The Hall–Kier alpha value is -7.95. The van der Waals surface area contributed by atoms with E-state index in [1.807, 2.05) is 42.5 Å². The monoisotopic (exact) mass is 753 g/mol. The summed E-state index contributed by atoms with van der Waals surface area (Å²) in [6.45, 7) is 0. The molecule has 0 saturated carbocycles. The van der Waals surface area contributed by atoms with E-state index in [-0.39, 0.29) is 0 Å². The van der Waals surface area contributed by atoms with Gasteiger partial charge in [0.2, 0.25) is 0 Å². The van der Waals surface area contributed by atoms with Crippen LogP contribution < -0.4 is 0 Å². The molecule has 59 heavy (non-hydrogen) atoms. The molecule has 0 amide bonds. The summed E-state index contributed by atoms with van der Waals surface area (Å²) in [6.07, 6.45) is 0. The van der Waals surface area contributed by atoms with Crippen LogP contribution in [0.1, 0.15) is 0 Å². The normalized spacial score (nSPS) is 11.4. The van der Waals surface area contributed by atoms with Crippen LogP contribution >= 0.6 is 0 Å². The second-order valence-electron chi connectivity index (χ2n) is 14.7. The predicted molar refractivity (Wildman–Crippen MR) is 243 cm³/mol. The minimum absolute atomic E-state index is 0.550. The number of para-hydroxylation sites is 1. The molecule has 0 N–H and O–H groups in total. The van der Waals surface area contributed by atoms with Crippen LogP contribution in [0.3, 0.4) is 0 Å². The molecule has 0 saturated heterocycles. The van der Waals surface area contributed by atoms with E-state index >= 15 is 0 Å². The minimum Gasteiger partial charge on any atom is -0.455 e. The zero-order chi connectivity index (χ0) is 39.1. The third kappa shape index (κ3) is 6.24. The smallest absolute Gasteiger partial charge is 0.167 e. The summed E-state index contributed by atoms with van der Waals surface area (Å²) in [5.74, 6) is 1.75. The Kier molecular flexibility index (Phi) is 8.45. The maximum absolute atomic E-state index is 7.01. The summed E-state index contributed by atoms with van der Waals surface area (Å²) in [6, 6.07) is 74.1. The SMILES string of the molecule is c1ccc(-c2cc(-c3ccccc3)cc(-c3cc4c5cccc(-c6nc(-c7ccccc7)nc(-c7ccccc7-c7ccccc7)n6)c5oc4c4ccccc34)c2)cc1. The predicted octanol–water partition coefficient (Wildman–Crippen LogP) is 14.6. The van der Waals surface area contributed by atoms with Gasteiger partial charge >= 0.3 is 0 Å². The molecule has 11 rings (SSSR count). The molecule has 0 radical (unpaired) electrons. The topological polar surface area (TPSA) is 51.8 Å². The molecule has 0 spiro atoms. The van der Waals surface area contributed by atoms with Crippen molar-refractivity contribution in [2.45, 2.75) is 0 Å². The highest BCUT2D eigenvalue weighted by Crippen LogP contribution is 2.44. The molecule has 0 fully saturated rings. The fraction of sp³-hybridized carbons (Fsp3) is 0. The van der Waals surface area contributed by atoms with Crippen LogP contribution in [0.5, 0.6) is 0 Å². The Morgan fingerprint density at radius 2 is 0.678 bits per heavy atom. The highest BCUT2D eigenvalue weighted by atomic mass is 16.3. The van der Waals surface area contributed by atoms with Crippen molar-refractivity contribution >= 4 is 32.7 Å². The number of aromatic nitrogens is 3. The number of benzene rings is 9. The van der Waals surface area contributed by atoms with Crippen molar-refractivity contribution < 1.29 is 4.42 Å². The van der Waals surface area contributed by atoms with Gasteiger partial charge in [0.05, 0.1) is 5.56 Å². The summed E-state index contributed by atoms with van der Waals surface area (Å²) in [4.78, 5) is 15.5. The van der Waals surface area contributed by atoms with Gasteiger partial charge < -0.3 is 4.42 Å². The number of furan rings is 1. The second kappa shape index (κ2) is 14.5. The Morgan fingerprint density at radius 1 is 0.237 bits per heavy atom. The van der Waals surface area contributed by atoms with Crippen molar-refractivity contribution in [2.24, 2.45) is 0 Å². The summed E-state index contributed by atoms with van der Waals surface area (Å²) in [5.41, 5.74) is 13.3. The summed E-state index contributed by atoms with van der Waals surface area (Å²) in [7, 11) is 0. The summed E-state index contributed by atoms with van der Waals surface area (Å²) in [5, 5.41) is 4.21. The van der Waals surface area contributed by atoms with E-state index in [0.717, 1.165) is 71.7 Å². The minimum atomic E-state index is 0.550. The maximum Gasteiger partial charge on any atom is 0.167 e. The quantitative estimate of drug-likeness (QED) is 0.163. The van der Waals surface area contributed by atoms with Gasteiger partial charge in [-0.3, -0.25) is 0 Å². The first-order valence-electron chi connectivity index (χ1n) is 19.9. The van der Waals surface area contributed by atoms with Gasteiger partial charge in [-0.2, -0.15) is 0 Å². The van der Waals surface area contributed by atoms with E-state index in [1.54, 1.807) is 0 Å². The van der Waals surface area contributed by atoms with Crippen molar-refractivity contribution in [1.82, 2.24) is 15.0 Å². The fourth-order valence-corrected chi connectivity index (χ4v) is 8.29. The molecule has 0 aliphatic heterocycles. The van der Waals surface area contributed by atoms with Crippen LogP contribution in [-0.4, -0.2) is 15.0 Å². The number of hydrogen-bond acceptors (Lipinski definition) is 4. The molecule has 0 aliphatic carbocycles. The van der Waals surface area contributed by atoms with Crippen LogP contribution in [0.2, 0.25) is 0 Å². The van der Waals surface area contributed by atoms with Crippen molar-refractivity contribution in [3.8, 4) is 78.7 Å². The molecule has 2 aromatic heterocycles. The highest BCUT2D eigenvalue weighted by molar-refractivity contribution is 6.20. The van der Waals surface area contributed by atoms with Gasteiger partial charge in [0, 0.05) is 27.3 Å². The summed E-state index contributed by atoms with van der Waals surface area (Å²) >= 11 is 0. The Labute approximate surface area is 341 Å². The van der Waals surface area contributed by atoms with E-state index in [9.17, 15) is 0 Å². The number of nitrogens with zero attached hydrogens (tertiary/aromatic N) is 3. The van der Waals surface area contributed by atoms with E-state index < -0.39 is 0 Å². The van der Waals surface area contributed by atoms with E-state index in [0.29, 0.717) is 17.5 Å². The van der Waals surface area contributed by atoms with E-state index in [4.69, 9.17) is 19.4 Å². The molecule has 4 heteroatoms. The van der Waals surface area contributed by atoms with Crippen molar-refractivity contribution in [1.29, 1.82) is 0 Å². The molecule has 2 heterocycles. The highest BCUT2D eigenvalue weighted by Gasteiger charge is 2.21. The van der Waals surface area contributed by atoms with Crippen LogP contribution in [0.4, 0.5) is 0 Å². The van der Waals surface area contributed by atoms with Crippen molar-refractivity contribution in [3.05, 3.63) is 212 Å². The first-order chi connectivity index (χ1) is 29.2. The Morgan fingerprint density at radius 3 is 1.32 bits per heavy atom. The molecule has 0 unspecified atom stereocenters. The molecule has 0 bridgehead atoms. The Bertz CT molecular complexity index is 3250. The second-order valence-corrected chi connectivity index (χ2v) is 14.7. The average Bonchev–Trinajstić information content (AvgIpc) is 3.71. The first-order valence-corrected chi connectivity index (χ1v) is 19.9. The lowest BCUT2D eigenvalue weighted by molar-refractivity contribution is 0.673. The van der Waals surface area contributed by atoms with Crippen molar-refractivity contribution in [3.63, 3.8) is 0 Å². The third-order valence-corrected chi connectivity index (χ3v) is 11.1. The Balaban J connectivity index is 1.14. The van der Waals surface area contributed by atoms with Gasteiger partial charge in [-0.15, -0.1) is 0 Å².